The van der Waals surface area contributed by atoms with E-state index in [1.807, 2.05) is 6.92 Å². The zero-order valence-corrected chi connectivity index (χ0v) is 10.5. The van der Waals surface area contributed by atoms with Gasteiger partial charge in [0.1, 0.15) is 5.82 Å². The Kier molecular flexibility index (Phi) is 5.56. The summed E-state index contributed by atoms with van der Waals surface area (Å²) in [5.41, 5.74) is 6.25. The highest BCUT2D eigenvalue weighted by Gasteiger charge is 2.01. The van der Waals surface area contributed by atoms with Gasteiger partial charge in [-0.2, -0.15) is 0 Å². The molecule has 1 heterocycles. The van der Waals surface area contributed by atoms with Gasteiger partial charge in [-0.05, 0) is 12.5 Å². The lowest BCUT2D eigenvalue weighted by Gasteiger charge is -2.08. The number of rotatable bonds is 6. The lowest BCUT2D eigenvalue weighted by molar-refractivity contribution is -0.120. The standard InChI is InChI=1S/C11H17ClN4O/c1-2-10(17)14-4-3-5-15-11-9(13)6-8(12)7-16-11/h6-7H,2-5,13H2,1H3,(H,14,17)(H,15,16). The van der Waals surface area contributed by atoms with Crippen molar-refractivity contribution in [2.24, 2.45) is 0 Å². The molecule has 94 valence electrons. The number of nitrogens with two attached hydrogens (primary N) is 1. The first kappa shape index (κ1) is 13.6. The number of carbonyl (C=O) groups is 1. The van der Waals surface area contributed by atoms with Crippen LogP contribution in [0, 0.1) is 0 Å². The Morgan fingerprint density at radius 2 is 2.29 bits per heavy atom. The van der Waals surface area contributed by atoms with Crippen molar-refractivity contribution >= 4 is 29.0 Å². The van der Waals surface area contributed by atoms with E-state index in [1.165, 1.54) is 0 Å². The second kappa shape index (κ2) is 6.96. The molecule has 0 bridgehead atoms. The minimum atomic E-state index is 0.0640. The van der Waals surface area contributed by atoms with Crippen LogP contribution in [0.4, 0.5) is 11.5 Å². The molecule has 0 aliphatic rings. The second-order valence-corrected chi connectivity index (χ2v) is 4.01. The van der Waals surface area contributed by atoms with Gasteiger partial charge in [0.25, 0.3) is 0 Å². The van der Waals surface area contributed by atoms with Crippen molar-refractivity contribution in [1.82, 2.24) is 10.3 Å². The van der Waals surface area contributed by atoms with Crippen molar-refractivity contribution in [3.8, 4) is 0 Å². The molecule has 17 heavy (non-hydrogen) atoms. The van der Waals surface area contributed by atoms with E-state index in [0.717, 1.165) is 6.42 Å². The van der Waals surface area contributed by atoms with Crippen LogP contribution in [-0.2, 0) is 4.79 Å². The van der Waals surface area contributed by atoms with Crippen LogP contribution >= 0.6 is 11.6 Å². The molecule has 4 N–H and O–H groups in total. The Hall–Kier alpha value is -1.49. The molecule has 0 aliphatic carbocycles. The Balaban J connectivity index is 2.24. The SMILES string of the molecule is CCC(=O)NCCCNc1ncc(Cl)cc1N. The fourth-order valence-corrected chi connectivity index (χ4v) is 1.42. The molecule has 0 aliphatic heterocycles. The van der Waals surface area contributed by atoms with Gasteiger partial charge in [-0.3, -0.25) is 4.79 Å². The molecule has 0 unspecified atom stereocenters. The highest BCUT2D eigenvalue weighted by molar-refractivity contribution is 6.30. The number of pyridine rings is 1. The maximum absolute atomic E-state index is 11.0. The molecule has 0 spiro atoms. The van der Waals surface area contributed by atoms with Gasteiger partial charge in [0.2, 0.25) is 5.91 Å². The van der Waals surface area contributed by atoms with Crippen molar-refractivity contribution in [3.05, 3.63) is 17.3 Å². The van der Waals surface area contributed by atoms with Crippen LogP contribution in [0.5, 0.6) is 0 Å². The first-order valence-electron chi connectivity index (χ1n) is 5.55. The van der Waals surface area contributed by atoms with Gasteiger partial charge >= 0.3 is 0 Å². The fourth-order valence-electron chi connectivity index (χ4n) is 1.25. The molecule has 5 nitrogen and oxygen atoms in total. The van der Waals surface area contributed by atoms with E-state index in [2.05, 4.69) is 15.6 Å². The molecule has 0 fully saturated rings. The van der Waals surface area contributed by atoms with Crippen molar-refractivity contribution in [3.63, 3.8) is 0 Å². The highest BCUT2D eigenvalue weighted by Crippen LogP contribution is 2.18. The molecule has 0 atom stereocenters. The summed E-state index contributed by atoms with van der Waals surface area (Å²) < 4.78 is 0. The van der Waals surface area contributed by atoms with E-state index in [4.69, 9.17) is 17.3 Å². The van der Waals surface area contributed by atoms with Crippen LogP contribution in [0.15, 0.2) is 12.3 Å². The molecule has 0 saturated heterocycles. The number of halogens is 1. The molecule has 1 rings (SSSR count). The second-order valence-electron chi connectivity index (χ2n) is 3.58. The average Bonchev–Trinajstić information content (AvgIpc) is 2.30. The monoisotopic (exact) mass is 256 g/mol. The largest absolute Gasteiger partial charge is 0.396 e. The third kappa shape index (κ3) is 4.91. The summed E-state index contributed by atoms with van der Waals surface area (Å²) in [6.07, 6.45) is 2.87. The molecule has 0 saturated carbocycles. The molecule has 1 amide bonds. The number of hydrogen-bond donors (Lipinski definition) is 3. The molecule has 6 heteroatoms. The van der Waals surface area contributed by atoms with Crippen molar-refractivity contribution in [2.45, 2.75) is 19.8 Å². The van der Waals surface area contributed by atoms with Gasteiger partial charge in [0.15, 0.2) is 0 Å². The molecular weight excluding hydrogens is 240 g/mol. The summed E-state index contributed by atoms with van der Waals surface area (Å²) in [5.74, 6) is 0.686. The number of nitrogen functional groups attached to an aromatic ring is 1. The van der Waals surface area contributed by atoms with Gasteiger partial charge in [-0.1, -0.05) is 18.5 Å². The number of aromatic nitrogens is 1. The molecule has 1 aromatic heterocycles. The van der Waals surface area contributed by atoms with Gasteiger partial charge < -0.3 is 16.4 Å². The van der Waals surface area contributed by atoms with Gasteiger partial charge in [0, 0.05) is 25.7 Å². The first-order chi connectivity index (χ1) is 8.13. The Bertz CT molecular complexity index is 384. The molecule has 0 radical (unpaired) electrons. The normalized spacial score (nSPS) is 10.0. The Morgan fingerprint density at radius 1 is 1.53 bits per heavy atom. The zero-order valence-electron chi connectivity index (χ0n) is 9.79. The minimum absolute atomic E-state index is 0.0640. The summed E-state index contributed by atoms with van der Waals surface area (Å²) in [6, 6.07) is 1.65. The number of amides is 1. The maximum atomic E-state index is 11.0. The van der Waals surface area contributed by atoms with Crippen LogP contribution < -0.4 is 16.4 Å². The number of carbonyl (C=O) groups excluding carboxylic acids is 1. The van der Waals surface area contributed by atoms with Crippen molar-refractivity contribution in [2.75, 3.05) is 24.1 Å². The Morgan fingerprint density at radius 3 is 2.94 bits per heavy atom. The number of hydrogen-bond acceptors (Lipinski definition) is 4. The maximum Gasteiger partial charge on any atom is 0.219 e. The summed E-state index contributed by atoms with van der Waals surface area (Å²) >= 11 is 5.73. The quantitative estimate of drug-likeness (QED) is 0.676. The van der Waals surface area contributed by atoms with Gasteiger partial charge in [0.05, 0.1) is 10.7 Å². The lowest BCUT2D eigenvalue weighted by Crippen LogP contribution is -2.24. The van der Waals surface area contributed by atoms with E-state index in [-0.39, 0.29) is 5.91 Å². The third-order valence-electron chi connectivity index (χ3n) is 2.17. The van der Waals surface area contributed by atoms with Crippen molar-refractivity contribution in [1.29, 1.82) is 0 Å². The summed E-state index contributed by atoms with van der Waals surface area (Å²) in [4.78, 5) is 15.0. The fraction of sp³-hybridized carbons (Fsp3) is 0.455. The predicted molar refractivity (Wildman–Crippen MR) is 70.1 cm³/mol. The number of anilines is 2. The lowest BCUT2D eigenvalue weighted by atomic mass is 10.3. The summed E-state index contributed by atoms with van der Waals surface area (Å²) in [7, 11) is 0. The minimum Gasteiger partial charge on any atom is -0.396 e. The van der Waals surface area contributed by atoms with Crippen LogP contribution in [0.3, 0.4) is 0 Å². The van der Waals surface area contributed by atoms with Gasteiger partial charge in [-0.15, -0.1) is 0 Å². The van der Waals surface area contributed by atoms with Gasteiger partial charge in [-0.25, -0.2) is 4.98 Å². The smallest absolute Gasteiger partial charge is 0.219 e. The molecule has 1 aromatic rings. The van der Waals surface area contributed by atoms with Crippen LogP contribution in [0.1, 0.15) is 19.8 Å². The average molecular weight is 257 g/mol. The van der Waals surface area contributed by atoms with E-state index in [9.17, 15) is 4.79 Å². The highest BCUT2D eigenvalue weighted by atomic mass is 35.5. The molecule has 0 aromatic carbocycles. The van der Waals surface area contributed by atoms with Crippen LogP contribution in [0.2, 0.25) is 5.02 Å². The summed E-state index contributed by atoms with van der Waals surface area (Å²) in [6.45, 7) is 3.17. The Labute approximate surface area is 106 Å². The van der Waals surface area contributed by atoms with E-state index in [0.29, 0.717) is 36.0 Å². The third-order valence-corrected chi connectivity index (χ3v) is 2.38. The van der Waals surface area contributed by atoms with E-state index >= 15 is 0 Å². The molecular formula is C11H17ClN4O. The number of nitrogens with zero attached hydrogens (tertiary/aromatic N) is 1. The first-order valence-corrected chi connectivity index (χ1v) is 5.93. The van der Waals surface area contributed by atoms with E-state index < -0.39 is 0 Å². The van der Waals surface area contributed by atoms with Crippen LogP contribution in [0.25, 0.3) is 0 Å². The van der Waals surface area contributed by atoms with Crippen molar-refractivity contribution < 1.29 is 4.79 Å². The summed E-state index contributed by atoms with van der Waals surface area (Å²) in [5, 5.41) is 6.39. The van der Waals surface area contributed by atoms with E-state index in [1.54, 1.807) is 12.3 Å². The topological polar surface area (TPSA) is 80.0 Å². The number of nitrogens with one attached hydrogen (secondary N) is 2. The van der Waals surface area contributed by atoms with Crippen LogP contribution in [-0.4, -0.2) is 24.0 Å². The predicted octanol–water partition coefficient (Wildman–Crippen LogP) is 1.65. The zero-order chi connectivity index (χ0) is 12.7.